The largest absolute Gasteiger partial charge is 0.491 e. The summed E-state index contributed by atoms with van der Waals surface area (Å²) < 4.78 is 11.8. The van der Waals surface area contributed by atoms with Crippen LogP contribution in [0.2, 0.25) is 0 Å². The number of Topliss-reactive ketones (excluding diaryl/α,β-unsaturated/α-hetero) is 1. The maximum Gasteiger partial charge on any atom is 0.183 e. The van der Waals surface area contributed by atoms with E-state index >= 15 is 0 Å². The van der Waals surface area contributed by atoms with Crippen LogP contribution in [0, 0.1) is 0 Å². The quantitative estimate of drug-likeness (QED) is 0.300. The molecule has 0 saturated heterocycles. The van der Waals surface area contributed by atoms with Crippen molar-refractivity contribution < 1.29 is 14.3 Å². The van der Waals surface area contributed by atoms with Crippen LogP contribution in [-0.2, 0) is 6.61 Å². The number of fused-ring (bicyclic) bond motifs is 2. The molecule has 0 N–H and O–H groups in total. The summed E-state index contributed by atoms with van der Waals surface area (Å²) in [4.78, 5) is 17.7. The Labute approximate surface area is 194 Å². The molecule has 32 heavy (non-hydrogen) atoms. The molecule has 1 unspecified atom stereocenters. The molecule has 1 aromatic heterocycles. The first-order valence-electron chi connectivity index (χ1n) is 11.6. The zero-order chi connectivity index (χ0) is 22.2. The Morgan fingerprint density at radius 2 is 1.88 bits per heavy atom. The molecule has 0 saturated carbocycles. The molecule has 168 valence electrons. The summed E-state index contributed by atoms with van der Waals surface area (Å²) in [5, 5.41) is 0.979. The van der Waals surface area contributed by atoms with E-state index in [1.54, 1.807) is 11.8 Å². The van der Waals surface area contributed by atoms with Crippen molar-refractivity contribution >= 4 is 28.4 Å². The number of aromatic nitrogens is 1. The molecule has 2 aromatic carbocycles. The normalized spacial score (nSPS) is 15.4. The smallest absolute Gasteiger partial charge is 0.183 e. The lowest BCUT2D eigenvalue weighted by molar-refractivity contribution is 0.0942. The van der Waals surface area contributed by atoms with E-state index < -0.39 is 0 Å². The predicted octanol–water partition coefficient (Wildman–Crippen LogP) is 6.85. The van der Waals surface area contributed by atoms with E-state index in [0.717, 1.165) is 28.8 Å². The highest BCUT2D eigenvalue weighted by Gasteiger charge is 2.29. The number of benzene rings is 2. The number of para-hydroxylation sites is 1. The fourth-order valence-corrected chi connectivity index (χ4v) is 5.01. The van der Waals surface area contributed by atoms with Gasteiger partial charge in [-0.2, -0.15) is 0 Å². The molecule has 1 aliphatic rings. The van der Waals surface area contributed by atoms with Gasteiger partial charge in [-0.1, -0.05) is 63.3 Å². The topological polar surface area (TPSA) is 48.4 Å². The summed E-state index contributed by atoms with van der Waals surface area (Å²) in [7, 11) is 0. The lowest BCUT2D eigenvalue weighted by atomic mass is 10.0. The molecule has 4 nitrogen and oxygen atoms in total. The van der Waals surface area contributed by atoms with E-state index in [1.807, 2.05) is 48.5 Å². The van der Waals surface area contributed by atoms with Gasteiger partial charge in [0.1, 0.15) is 30.0 Å². The Morgan fingerprint density at radius 3 is 2.78 bits per heavy atom. The summed E-state index contributed by atoms with van der Waals surface area (Å²) in [6, 6.07) is 17.6. The second-order valence-corrected chi connectivity index (χ2v) is 9.56. The van der Waals surface area contributed by atoms with Crippen LogP contribution >= 0.6 is 11.8 Å². The number of unbranched alkanes of at least 4 members (excludes halogenated alkanes) is 5. The van der Waals surface area contributed by atoms with Crippen molar-refractivity contribution in [2.24, 2.45) is 0 Å². The van der Waals surface area contributed by atoms with Crippen LogP contribution in [0.25, 0.3) is 10.9 Å². The molecule has 0 aliphatic carbocycles. The van der Waals surface area contributed by atoms with Crippen LogP contribution in [0.5, 0.6) is 11.5 Å². The van der Waals surface area contributed by atoms with Crippen LogP contribution in [0.1, 0.15) is 61.5 Å². The summed E-state index contributed by atoms with van der Waals surface area (Å²) in [5.41, 5.74) is 2.44. The molecule has 0 bridgehead atoms. The van der Waals surface area contributed by atoms with Gasteiger partial charge in [-0.3, -0.25) is 4.79 Å². The summed E-state index contributed by atoms with van der Waals surface area (Å²) in [6.07, 6.45) is 7.60. The molecule has 1 atom stereocenters. The van der Waals surface area contributed by atoms with Gasteiger partial charge in [0.25, 0.3) is 0 Å². The third-order valence-corrected chi connectivity index (χ3v) is 7.04. The van der Waals surface area contributed by atoms with E-state index in [2.05, 4.69) is 18.0 Å². The predicted molar refractivity (Wildman–Crippen MR) is 132 cm³/mol. The summed E-state index contributed by atoms with van der Waals surface area (Å²) >= 11 is 1.72. The van der Waals surface area contributed by atoms with Crippen LogP contribution in [0.3, 0.4) is 0 Å². The molecule has 5 heteroatoms. The minimum absolute atomic E-state index is 0.129. The van der Waals surface area contributed by atoms with E-state index in [1.165, 1.54) is 32.1 Å². The van der Waals surface area contributed by atoms with E-state index in [0.29, 0.717) is 30.3 Å². The van der Waals surface area contributed by atoms with Gasteiger partial charge >= 0.3 is 0 Å². The zero-order valence-corrected chi connectivity index (χ0v) is 19.5. The van der Waals surface area contributed by atoms with Crippen molar-refractivity contribution in [3.63, 3.8) is 0 Å². The van der Waals surface area contributed by atoms with E-state index in [4.69, 9.17) is 9.47 Å². The van der Waals surface area contributed by atoms with Crippen molar-refractivity contribution in [3.05, 3.63) is 65.9 Å². The van der Waals surface area contributed by atoms with Gasteiger partial charge in [0, 0.05) is 5.39 Å². The van der Waals surface area contributed by atoms with E-state index in [-0.39, 0.29) is 11.0 Å². The standard InChI is InChI=1S/C27H31NO3S/c1-2-3-4-5-6-9-16-32-26-19-31-25-15-14-22(17-23(25)27(26)29)30-18-21-13-12-20-10-7-8-11-24(20)28-21/h7-8,10-15,17,26H,2-6,9,16,18-19H2,1H3. The van der Waals surface area contributed by atoms with Crippen LogP contribution in [0.15, 0.2) is 54.6 Å². The first-order chi connectivity index (χ1) is 15.7. The van der Waals surface area contributed by atoms with Crippen LogP contribution in [-0.4, -0.2) is 28.4 Å². The van der Waals surface area contributed by atoms with Crippen molar-refractivity contribution in [1.29, 1.82) is 0 Å². The minimum Gasteiger partial charge on any atom is -0.491 e. The highest BCUT2D eigenvalue weighted by Crippen LogP contribution is 2.33. The van der Waals surface area contributed by atoms with Crippen LogP contribution < -0.4 is 9.47 Å². The molecule has 4 rings (SSSR count). The second kappa shape index (κ2) is 11.4. The van der Waals surface area contributed by atoms with Crippen molar-refractivity contribution in [1.82, 2.24) is 4.98 Å². The van der Waals surface area contributed by atoms with Crippen LogP contribution in [0.4, 0.5) is 0 Å². The third-order valence-electron chi connectivity index (χ3n) is 5.76. The SMILES string of the molecule is CCCCCCCCSC1COc2ccc(OCc3ccc4ccccc4n3)cc2C1=O. The molecule has 2 heterocycles. The summed E-state index contributed by atoms with van der Waals surface area (Å²) in [6.45, 7) is 3.04. The number of nitrogens with zero attached hydrogens (tertiary/aromatic N) is 1. The van der Waals surface area contributed by atoms with Gasteiger partial charge in [0.15, 0.2) is 5.78 Å². The van der Waals surface area contributed by atoms with Gasteiger partial charge in [0.05, 0.1) is 16.8 Å². The highest BCUT2D eigenvalue weighted by molar-refractivity contribution is 8.00. The van der Waals surface area contributed by atoms with Gasteiger partial charge in [-0.15, -0.1) is 11.8 Å². The Balaban J connectivity index is 1.31. The molecule has 0 spiro atoms. The Hall–Kier alpha value is -2.53. The molecule has 1 aliphatic heterocycles. The maximum absolute atomic E-state index is 13.0. The van der Waals surface area contributed by atoms with Crippen molar-refractivity contribution in [2.45, 2.75) is 57.3 Å². The van der Waals surface area contributed by atoms with Gasteiger partial charge < -0.3 is 9.47 Å². The molecule has 0 amide bonds. The Bertz CT molecular complexity index is 1050. The highest BCUT2D eigenvalue weighted by atomic mass is 32.2. The number of rotatable bonds is 11. The lowest BCUT2D eigenvalue weighted by Crippen LogP contribution is -2.30. The zero-order valence-electron chi connectivity index (χ0n) is 18.7. The fraction of sp³-hybridized carbons (Fsp3) is 0.407. The maximum atomic E-state index is 13.0. The van der Waals surface area contributed by atoms with Crippen molar-refractivity contribution in [3.8, 4) is 11.5 Å². The number of thioether (sulfide) groups is 1. The molecule has 3 aromatic rings. The second-order valence-electron chi connectivity index (χ2n) is 8.24. The first kappa shape index (κ1) is 22.7. The first-order valence-corrected chi connectivity index (χ1v) is 12.7. The number of ketones is 1. The average molecular weight is 450 g/mol. The molecule has 0 fully saturated rings. The Morgan fingerprint density at radius 1 is 1.03 bits per heavy atom. The Kier molecular flexibility index (Phi) is 8.05. The monoisotopic (exact) mass is 449 g/mol. The summed E-state index contributed by atoms with van der Waals surface area (Å²) in [5.74, 6) is 2.47. The average Bonchev–Trinajstić information content (AvgIpc) is 2.83. The number of hydrogen-bond acceptors (Lipinski definition) is 5. The molecule has 0 radical (unpaired) electrons. The number of hydrogen-bond donors (Lipinski definition) is 0. The lowest BCUT2D eigenvalue weighted by Gasteiger charge is -2.24. The number of carbonyl (C=O) groups is 1. The van der Waals surface area contributed by atoms with Gasteiger partial charge in [-0.05, 0) is 42.5 Å². The van der Waals surface area contributed by atoms with E-state index in [9.17, 15) is 4.79 Å². The van der Waals surface area contributed by atoms with Gasteiger partial charge in [0.2, 0.25) is 0 Å². The molecular formula is C27H31NO3S. The fourth-order valence-electron chi connectivity index (χ4n) is 3.91. The van der Waals surface area contributed by atoms with Gasteiger partial charge in [-0.25, -0.2) is 4.98 Å². The molecular weight excluding hydrogens is 418 g/mol. The van der Waals surface area contributed by atoms with Crippen molar-refractivity contribution in [2.75, 3.05) is 12.4 Å². The minimum atomic E-state index is -0.129. The number of ether oxygens (including phenoxy) is 2. The third kappa shape index (κ3) is 5.83. The number of pyridine rings is 1. The number of carbonyl (C=O) groups excluding carboxylic acids is 1.